The van der Waals surface area contributed by atoms with Crippen molar-refractivity contribution >= 4 is 5.84 Å². The zero-order chi connectivity index (χ0) is 12.4. The Morgan fingerprint density at radius 2 is 2.17 bits per heavy atom. The Balaban J connectivity index is 1.60. The van der Waals surface area contributed by atoms with Crippen LogP contribution >= 0.6 is 0 Å². The van der Waals surface area contributed by atoms with Crippen molar-refractivity contribution in [2.75, 3.05) is 6.61 Å². The van der Waals surface area contributed by atoms with E-state index >= 15 is 0 Å². The van der Waals surface area contributed by atoms with E-state index in [0.29, 0.717) is 12.0 Å². The van der Waals surface area contributed by atoms with Gasteiger partial charge in [0.15, 0.2) is 12.1 Å². The topological polar surface area (TPSA) is 55.7 Å². The van der Waals surface area contributed by atoms with Crippen molar-refractivity contribution in [3.63, 3.8) is 0 Å². The van der Waals surface area contributed by atoms with Gasteiger partial charge in [0.2, 0.25) is 0 Å². The van der Waals surface area contributed by atoms with Crippen LogP contribution in [0.5, 0.6) is 0 Å². The predicted molar refractivity (Wildman–Crippen MR) is 66.9 cm³/mol. The van der Waals surface area contributed by atoms with Crippen molar-refractivity contribution in [2.24, 2.45) is 10.9 Å². The maximum atomic E-state index is 5.55. The monoisotopic (exact) mass is 247 g/mol. The molecule has 0 bridgehead atoms. The highest BCUT2D eigenvalue weighted by molar-refractivity contribution is 5.98. The zero-order valence-electron chi connectivity index (χ0n) is 10.4. The van der Waals surface area contributed by atoms with Gasteiger partial charge in [-0.15, -0.1) is 0 Å². The predicted octanol–water partition coefficient (Wildman–Crippen LogP) is 1.50. The van der Waals surface area contributed by atoms with Crippen LogP contribution in [0.25, 0.3) is 0 Å². The Morgan fingerprint density at radius 1 is 1.39 bits per heavy atom. The summed E-state index contributed by atoms with van der Waals surface area (Å²) in [6, 6.07) is 3.84. The number of amidine groups is 1. The second-order valence-electron chi connectivity index (χ2n) is 4.63. The van der Waals surface area contributed by atoms with Gasteiger partial charge < -0.3 is 4.74 Å². The second-order valence-corrected chi connectivity index (χ2v) is 4.63. The lowest BCUT2D eigenvalue weighted by molar-refractivity contribution is -0.0903. The molecule has 5 heteroatoms. The smallest absolute Gasteiger partial charge is 0.180 e. The number of rotatable bonds is 4. The first-order valence-corrected chi connectivity index (χ1v) is 6.38. The summed E-state index contributed by atoms with van der Waals surface area (Å²) in [6.45, 7) is 2.81. The summed E-state index contributed by atoms with van der Waals surface area (Å²) in [6.07, 6.45) is 5.89. The van der Waals surface area contributed by atoms with Crippen LogP contribution in [-0.2, 0) is 9.57 Å². The highest BCUT2D eigenvalue weighted by atomic mass is 16.7. The third-order valence-electron chi connectivity index (χ3n) is 3.42. The highest BCUT2D eigenvalue weighted by Gasteiger charge is 2.38. The van der Waals surface area contributed by atoms with Gasteiger partial charge in [-0.2, -0.15) is 0 Å². The minimum Gasteiger partial charge on any atom is -0.378 e. The molecule has 0 aromatic carbocycles. The third kappa shape index (κ3) is 2.23. The molecule has 1 aliphatic heterocycles. The minimum atomic E-state index is -0.0788. The average molecular weight is 247 g/mol. The lowest BCUT2D eigenvalue weighted by Crippen LogP contribution is -2.38. The number of pyridine rings is 1. The Hall–Kier alpha value is -1.46. The van der Waals surface area contributed by atoms with Gasteiger partial charge in [-0.05, 0) is 31.9 Å². The first-order chi connectivity index (χ1) is 8.86. The van der Waals surface area contributed by atoms with E-state index in [0.717, 1.165) is 30.8 Å². The van der Waals surface area contributed by atoms with E-state index in [9.17, 15) is 0 Å². The minimum absolute atomic E-state index is 0.0788. The summed E-state index contributed by atoms with van der Waals surface area (Å²) in [5.41, 5.74) is 3.91. The molecule has 3 rings (SSSR count). The molecule has 1 aliphatic carbocycles. The van der Waals surface area contributed by atoms with Crippen molar-refractivity contribution < 1.29 is 9.57 Å². The molecule has 1 aromatic heterocycles. The molecule has 0 amide bonds. The van der Waals surface area contributed by atoms with Crippen LogP contribution in [0.1, 0.15) is 25.3 Å². The molecule has 2 aliphatic rings. The molecule has 0 saturated heterocycles. The van der Waals surface area contributed by atoms with Gasteiger partial charge in [0, 0.05) is 30.5 Å². The van der Waals surface area contributed by atoms with Crippen molar-refractivity contribution in [3.05, 3.63) is 30.1 Å². The molecular formula is C13H17N3O2. The molecule has 0 radical (unpaired) electrons. The summed E-state index contributed by atoms with van der Waals surface area (Å²) in [7, 11) is 0. The molecule has 0 unspecified atom stereocenters. The number of hydrogen-bond acceptors (Lipinski definition) is 5. The normalized spacial score (nSPS) is 30.5. The quantitative estimate of drug-likeness (QED) is 0.876. The summed E-state index contributed by atoms with van der Waals surface area (Å²) < 4.78 is 5.55. The van der Waals surface area contributed by atoms with Crippen molar-refractivity contribution in [3.8, 4) is 0 Å². The van der Waals surface area contributed by atoms with E-state index in [-0.39, 0.29) is 6.23 Å². The first-order valence-electron chi connectivity index (χ1n) is 6.38. The molecule has 96 valence electrons. The Labute approximate surface area is 106 Å². The number of nitrogens with zero attached hydrogens (tertiary/aromatic N) is 2. The van der Waals surface area contributed by atoms with E-state index in [1.54, 1.807) is 12.4 Å². The molecule has 2 heterocycles. The Kier molecular flexibility index (Phi) is 3.25. The largest absolute Gasteiger partial charge is 0.378 e. The van der Waals surface area contributed by atoms with E-state index in [1.807, 2.05) is 19.1 Å². The summed E-state index contributed by atoms with van der Waals surface area (Å²) in [5.74, 6) is 1.26. The van der Waals surface area contributed by atoms with Gasteiger partial charge in [0.25, 0.3) is 0 Å². The molecular weight excluding hydrogens is 230 g/mol. The van der Waals surface area contributed by atoms with E-state index in [2.05, 4.69) is 15.5 Å². The van der Waals surface area contributed by atoms with Crippen LogP contribution < -0.4 is 5.48 Å². The lowest BCUT2D eigenvalue weighted by atomic mass is 9.81. The SMILES string of the molecule is CCOC1CC([C@@H]2N=C(c3ccncc3)NO2)C1. The van der Waals surface area contributed by atoms with Crippen LogP contribution in [0.15, 0.2) is 29.5 Å². The van der Waals surface area contributed by atoms with E-state index in [4.69, 9.17) is 9.57 Å². The van der Waals surface area contributed by atoms with Crippen molar-refractivity contribution in [1.29, 1.82) is 0 Å². The number of aliphatic imine (C=N–C) groups is 1. The van der Waals surface area contributed by atoms with Gasteiger partial charge in [-0.25, -0.2) is 15.3 Å². The molecule has 1 saturated carbocycles. The second kappa shape index (κ2) is 5.04. The van der Waals surface area contributed by atoms with Gasteiger partial charge >= 0.3 is 0 Å². The molecule has 5 nitrogen and oxygen atoms in total. The maximum Gasteiger partial charge on any atom is 0.180 e. The zero-order valence-corrected chi connectivity index (χ0v) is 10.4. The number of hydroxylamine groups is 1. The Bertz CT molecular complexity index is 429. The fraction of sp³-hybridized carbons (Fsp3) is 0.538. The molecule has 1 N–H and O–H groups in total. The molecule has 1 fully saturated rings. The number of ether oxygens (including phenoxy) is 1. The standard InChI is InChI=1S/C13H17N3O2/c1-2-17-11-7-10(8-11)13-15-12(16-18-13)9-3-5-14-6-4-9/h3-6,10-11,13H,2,7-8H2,1H3,(H,15,16)/t10?,11?,13-/m1/s1. The summed E-state index contributed by atoms with van der Waals surface area (Å²) in [5, 5.41) is 0. The first kappa shape index (κ1) is 11.6. The molecule has 1 atom stereocenters. The van der Waals surface area contributed by atoms with Gasteiger partial charge in [-0.3, -0.25) is 4.98 Å². The number of nitrogens with one attached hydrogen (secondary N) is 1. The van der Waals surface area contributed by atoms with Crippen molar-refractivity contribution in [2.45, 2.75) is 32.1 Å². The fourth-order valence-electron chi connectivity index (χ4n) is 2.35. The number of aromatic nitrogens is 1. The number of hydrogen-bond donors (Lipinski definition) is 1. The Morgan fingerprint density at radius 3 is 2.89 bits per heavy atom. The van der Waals surface area contributed by atoms with Gasteiger partial charge in [0.05, 0.1) is 6.10 Å². The molecule has 18 heavy (non-hydrogen) atoms. The van der Waals surface area contributed by atoms with Gasteiger partial charge in [-0.1, -0.05) is 0 Å². The summed E-state index contributed by atoms with van der Waals surface area (Å²) in [4.78, 5) is 14.1. The van der Waals surface area contributed by atoms with E-state index < -0.39 is 0 Å². The van der Waals surface area contributed by atoms with Crippen LogP contribution in [-0.4, -0.2) is 29.8 Å². The van der Waals surface area contributed by atoms with E-state index in [1.165, 1.54) is 0 Å². The average Bonchev–Trinajstić information content (AvgIpc) is 2.83. The van der Waals surface area contributed by atoms with Crippen LogP contribution in [0.2, 0.25) is 0 Å². The summed E-state index contributed by atoms with van der Waals surface area (Å²) >= 11 is 0. The van der Waals surface area contributed by atoms with Crippen LogP contribution in [0.3, 0.4) is 0 Å². The van der Waals surface area contributed by atoms with Crippen LogP contribution in [0, 0.1) is 5.92 Å². The fourth-order valence-corrected chi connectivity index (χ4v) is 2.35. The molecule has 1 aromatic rings. The highest BCUT2D eigenvalue weighted by Crippen LogP contribution is 2.35. The molecule has 0 spiro atoms. The lowest BCUT2D eigenvalue weighted by Gasteiger charge is -2.36. The van der Waals surface area contributed by atoms with Crippen LogP contribution in [0.4, 0.5) is 0 Å². The van der Waals surface area contributed by atoms with Crippen molar-refractivity contribution in [1.82, 2.24) is 10.5 Å². The maximum absolute atomic E-state index is 5.55. The third-order valence-corrected chi connectivity index (χ3v) is 3.42. The van der Waals surface area contributed by atoms with Gasteiger partial charge in [0.1, 0.15) is 0 Å².